The van der Waals surface area contributed by atoms with Crippen molar-refractivity contribution in [1.82, 2.24) is 29.1 Å². The lowest BCUT2D eigenvalue weighted by atomic mass is 10.00. The van der Waals surface area contributed by atoms with Gasteiger partial charge in [0.25, 0.3) is 0 Å². The molecule has 0 saturated carbocycles. The molecule has 0 atom stereocenters. The van der Waals surface area contributed by atoms with E-state index in [0.717, 1.165) is 11.4 Å². The summed E-state index contributed by atoms with van der Waals surface area (Å²) in [6, 6.07) is 18.1. The van der Waals surface area contributed by atoms with Gasteiger partial charge in [-0.05, 0) is 37.3 Å². The van der Waals surface area contributed by atoms with Crippen LogP contribution in [0.3, 0.4) is 0 Å². The largest absolute Gasteiger partial charge is 0.456 e. The molecule has 0 aliphatic rings. The molecule has 0 unspecified atom stereocenters. The molecule has 0 radical (unpaired) electrons. The Bertz CT molecular complexity index is 1680. The predicted octanol–water partition coefficient (Wildman–Crippen LogP) is 2.89. The molecule has 1 aromatic carbocycles. The predicted molar refractivity (Wildman–Crippen MR) is 129 cm³/mol. The number of nitrogen functional groups attached to an aromatic ring is 1. The Balaban J connectivity index is 1.69. The van der Waals surface area contributed by atoms with Gasteiger partial charge in [0, 0.05) is 36.1 Å². The summed E-state index contributed by atoms with van der Waals surface area (Å²) in [5, 5.41) is 13.8. The van der Waals surface area contributed by atoms with E-state index in [-0.39, 0.29) is 24.1 Å². The number of hydrogen-bond acceptors (Lipinski definition) is 8. The van der Waals surface area contributed by atoms with Gasteiger partial charge in [-0.15, -0.1) is 5.10 Å². The summed E-state index contributed by atoms with van der Waals surface area (Å²) < 4.78 is 8.68. The highest BCUT2D eigenvalue weighted by Crippen LogP contribution is 2.35. The fourth-order valence-corrected chi connectivity index (χ4v) is 3.77. The molecule has 10 heteroatoms. The third kappa shape index (κ3) is 4.18. The van der Waals surface area contributed by atoms with Gasteiger partial charge in [-0.25, -0.2) is 4.98 Å². The quantitative estimate of drug-likeness (QED) is 0.419. The first-order valence-corrected chi connectivity index (χ1v) is 10.7. The molecule has 0 saturated heterocycles. The number of aryl methyl sites for hydroxylation is 2. The van der Waals surface area contributed by atoms with E-state index in [1.165, 1.54) is 15.1 Å². The first kappa shape index (κ1) is 21.8. The molecule has 35 heavy (non-hydrogen) atoms. The summed E-state index contributed by atoms with van der Waals surface area (Å²) in [6.45, 7) is 2.08. The summed E-state index contributed by atoms with van der Waals surface area (Å²) in [5.74, 6) is 0.0990. The van der Waals surface area contributed by atoms with Crippen LogP contribution in [0.15, 0.2) is 65.6 Å². The van der Waals surface area contributed by atoms with Gasteiger partial charge in [0.1, 0.15) is 6.61 Å². The van der Waals surface area contributed by atoms with Crippen molar-refractivity contribution in [2.75, 3.05) is 5.73 Å². The van der Waals surface area contributed by atoms with Crippen LogP contribution in [-0.4, -0.2) is 29.1 Å². The van der Waals surface area contributed by atoms with Gasteiger partial charge < -0.3 is 15.0 Å². The number of rotatable bonds is 5. The molecule has 5 rings (SSSR count). The number of nitrogens with zero attached hydrogens (tertiary/aromatic N) is 7. The van der Waals surface area contributed by atoms with Gasteiger partial charge in [-0.2, -0.15) is 14.8 Å². The highest BCUT2D eigenvalue weighted by atomic mass is 16.5. The summed E-state index contributed by atoms with van der Waals surface area (Å²) in [4.78, 5) is 25.7. The molecule has 4 heterocycles. The molecule has 0 bridgehead atoms. The minimum atomic E-state index is -0.155. The number of fused-ring (bicyclic) bond motifs is 1. The Kier molecular flexibility index (Phi) is 5.43. The van der Waals surface area contributed by atoms with Crippen molar-refractivity contribution in [3.63, 3.8) is 0 Å². The molecule has 0 aliphatic carbocycles. The molecule has 0 aliphatic heterocycles. The standard InChI is InChI=1S/C25H20N8O2/c1-15-5-3-8-19(28-15)14-35-25-30-23-21(18-9-10-20(34)32(2)13-18)22(29-24(27)33(23)31-25)17-7-4-6-16(11-17)12-26/h3-11,13H,14H2,1-2H3,(H2,27,29). The molecule has 172 valence electrons. The van der Waals surface area contributed by atoms with Crippen LogP contribution in [0.25, 0.3) is 28.0 Å². The van der Waals surface area contributed by atoms with Crippen LogP contribution in [-0.2, 0) is 13.7 Å². The normalized spacial score (nSPS) is 10.9. The average molecular weight is 464 g/mol. The molecule has 0 spiro atoms. The second-order valence-corrected chi connectivity index (χ2v) is 7.94. The van der Waals surface area contributed by atoms with Crippen molar-refractivity contribution < 1.29 is 4.74 Å². The summed E-state index contributed by atoms with van der Waals surface area (Å²) in [7, 11) is 1.66. The van der Waals surface area contributed by atoms with Gasteiger partial charge in [0.15, 0.2) is 5.65 Å². The molecule has 4 aromatic heterocycles. The van der Waals surface area contributed by atoms with Gasteiger partial charge in [-0.3, -0.25) is 9.78 Å². The van der Waals surface area contributed by atoms with Crippen LogP contribution in [0.4, 0.5) is 5.95 Å². The minimum Gasteiger partial charge on any atom is -0.456 e. The maximum Gasteiger partial charge on any atom is 0.336 e. The number of anilines is 1. The second kappa shape index (κ2) is 8.72. The lowest BCUT2D eigenvalue weighted by molar-refractivity contribution is 0.277. The molecule has 0 fully saturated rings. The van der Waals surface area contributed by atoms with E-state index in [9.17, 15) is 10.1 Å². The lowest BCUT2D eigenvalue weighted by Gasteiger charge is -2.12. The smallest absolute Gasteiger partial charge is 0.336 e. The first-order valence-electron chi connectivity index (χ1n) is 10.7. The Morgan fingerprint density at radius 3 is 2.66 bits per heavy atom. The minimum absolute atomic E-state index is 0.0990. The first-order chi connectivity index (χ1) is 16.9. The van der Waals surface area contributed by atoms with E-state index in [4.69, 9.17) is 10.5 Å². The maximum atomic E-state index is 12.0. The number of nitriles is 1. The van der Waals surface area contributed by atoms with Crippen LogP contribution in [0.2, 0.25) is 0 Å². The Morgan fingerprint density at radius 1 is 1.06 bits per heavy atom. The monoisotopic (exact) mass is 464 g/mol. The molecule has 0 amide bonds. The van der Waals surface area contributed by atoms with Crippen LogP contribution in [0.5, 0.6) is 6.01 Å². The number of nitrogens with two attached hydrogens (primary N) is 1. The fourth-order valence-electron chi connectivity index (χ4n) is 3.77. The van der Waals surface area contributed by atoms with Crippen molar-refractivity contribution in [3.05, 3.63) is 88.1 Å². The Labute approximate surface area is 199 Å². The second-order valence-electron chi connectivity index (χ2n) is 7.94. The Hall–Kier alpha value is -5.04. The molecule has 2 N–H and O–H groups in total. The van der Waals surface area contributed by atoms with E-state index in [1.54, 1.807) is 37.5 Å². The van der Waals surface area contributed by atoms with Crippen molar-refractivity contribution >= 4 is 11.6 Å². The van der Waals surface area contributed by atoms with E-state index in [1.807, 2.05) is 31.2 Å². The number of pyridine rings is 2. The van der Waals surface area contributed by atoms with Gasteiger partial charge in [-0.1, -0.05) is 18.2 Å². The third-order valence-electron chi connectivity index (χ3n) is 5.43. The lowest BCUT2D eigenvalue weighted by Crippen LogP contribution is -2.14. The van der Waals surface area contributed by atoms with E-state index in [0.29, 0.717) is 33.6 Å². The van der Waals surface area contributed by atoms with Gasteiger partial charge in [0.05, 0.1) is 28.6 Å². The van der Waals surface area contributed by atoms with Gasteiger partial charge >= 0.3 is 6.01 Å². The van der Waals surface area contributed by atoms with Crippen molar-refractivity contribution in [3.8, 4) is 34.5 Å². The van der Waals surface area contributed by atoms with Crippen LogP contribution in [0, 0.1) is 18.3 Å². The van der Waals surface area contributed by atoms with Crippen molar-refractivity contribution in [1.29, 1.82) is 5.26 Å². The summed E-state index contributed by atoms with van der Waals surface area (Å²) in [6.07, 6.45) is 1.69. The third-order valence-corrected chi connectivity index (χ3v) is 5.43. The fraction of sp³-hybridized carbons (Fsp3) is 0.120. The van der Waals surface area contributed by atoms with Gasteiger partial charge in [0.2, 0.25) is 11.5 Å². The van der Waals surface area contributed by atoms with E-state index >= 15 is 0 Å². The molecule has 10 nitrogen and oxygen atoms in total. The average Bonchev–Trinajstić information content (AvgIpc) is 3.29. The summed E-state index contributed by atoms with van der Waals surface area (Å²) >= 11 is 0. The number of ether oxygens (including phenoxy) is 1. The topological polar surface area (TPSA) is 137 Å². The SMILES string of the molecule is Cc1cccc(COc2nc3c(-c4ccc(=O)n(C)c4)c(-c4cccc(C#N)c4)nc(N)n3n2)n1. The maximum absolute atomic E-state index is 12.0. The van der Waals surface area contributed by atoms with Crippen LogP contribution >= 0.6 is 0 Å². The number of benzene rings is 1. The zero-order valence-corrected chi connectivity index (χ0v) is 19.0. The molecular weight excluding hydrogens is 444 g/mol. The highest BCUT2D eigenvalue weighted by Gasteiger charge is 2.21. The molecular formula is C25H20N8O2. The zero-order valence-electron chi connectivity index (χ0n) is 19.0. The summed E-state index contributed by atoms with van der Waals surface area (Å²) in [5.41, 5.74) is 11.1. The Morgan fingerprint density at radius 2 is 1.89 bits per heavy atom. The molecule has 5 aromatic rings. The number of hydrogen-bond donors (Lipinski definition) is 1. The van der Waals surface area contributed by atoms with E-state index in [2.05, 4.69) is 26.1 Å². The van der Waals surface area contributed by atoms with Crippen molar-refractivity contribution in [2.24, 2.45) is 7.05 Å². The highest BCUT2D eigenvalue weighted by molar-refractivity contribution is 5.90. The van der Waals surface area contributed by atoms with E-state index < -0.39 is 0 Å². The number of aromatic nitrogens is 6. The van der Waals surface area contributed by atoms with Crippen LogP contribution < -0.4 is 16.0 Å². The van der Waals surface area contributed by atoms with Crippen LogP contribution in [0.1, 0.15) is 17.0 Å². The zero-order chi connectivity index (χ0) is 24.5. The van der Waals surface area contributed by atoms with Crippen molar-refractivity contribution in [2.45, 2.75) is 13.5 Å².